The highest BCUT2D eigenvalue weighted by atomic mass is 79.9. The van der Waals surface area contributed by atoms with Gasteiger partial charge in [-0.1, -0.05) is 11.6 Å². The molecule has 1 saturated heterocycles. The van der Waals surface area contributed by atoms with Crippen molar-refractivity contribution in [2.24, 2.45) is 0 Å². The quantitative estimate of drug-likeness (QED) is 0.616. The number of amides is 1. The smallest absolute Gasteiger partial charge is 0.410 e. The number of carbonyl (C=O) groups excluding carboxylic acids is 1. The Bertz CT molecular complexity index is 992. The van der Waals surface area contributed by atoms with E-state index in [0.29, 0.717) is 29.6 Å². The number of nitrogens with zero attached hydrogens (tertiary/aromatic N) is 2. The van der Waals surface area contributed by atoms with E-state index < -0.39 is 11.2 Å². The average molecular weight is 508 g/mol. The molecule has 2 N–H and O–H groups in total. The lowest BCUT2D eigenvalue weighted by atomic mass is 10.2. The molecule has 1 atom stereocenters. The number of ether oxygens (including phenoxy) is 2. The zero-order chi connectivity index (χ0) is 21.3. The van der Waals surface area contributed by atoms with E-state index in [4.69, 9.17) is 32.7 Å². The van der Waals surface area contributed by atoms with Crippen LogP contribution in [0.2, 0.25) is 10.3 Å². The molecule has 0 unspecified atom stereocenters. The number of halogens is 3. The van der Waals surface area contributed by atoms with Crippen LogP contribution in [0.1, 0.15) is 20.8 Å². The van der Waals surface area contributed by atoms with Crippen molar-refractivity contribution < 1.29 is 14.3 Å². The van der Waals surface area contributed by atoms with Gasteiger partial charge in [0.15, 0.2) is 5.75 Å². The number of aromatic nitrogens is 2. The van der Waals surface area contributed by atoms with Gasteiger partial charge < -0.3 is 19.7 Å². The van der Waals surface area contributed by atoms with Gasteiger partial charge in [-0.05, 0) is 54.4 Å². The summed E-state index contributed by atoms with van der Waals surface area (Å²) in [6, 6.07) is 1.44. The lowest BCUT2D eigenvalue weighted by Gasteiger charge is -2.34. The Morgan fingerprint density at radius 1 is 1.41 bits per heavy atom. The van der Waals surface area contributed by atoms with Crippen molar-refractivity contribution in [2.45, 2.75) is 32.4 Å². The van der Waals surface area contributed by atoms with Crippen molar-refractivity contribution in [3.63, 3.8) is 0 Å². The van der Waals surface area contributed by atoms with Crippen molar-refractivity contribution in [3.05, 3.63) is 31.2 Å². The van der Waals surface area contributed by atoms with Crippen molar-refractivity contribution in [2.75, 3.05) is 26.2 Å². The summed E-state index contributed by atoms with van der Waals surface area (Å²) in [5, 5.41) is 3.73. The fourth-order valence-electron chi connectivity index (χ4n) is 2.94. The second kappa shape index (κ2) is 8.67. The number of nitrogens with one attached hydrogen (secondary N) is 2. The zero-order valence-electron chi connectivity index (χ0n) is 16.1. The van der Waals surface area contributed by atoms with Gasteiger partial charge in [-0.25, -0.2) is 9.78 Å². The maximum Gasteiger partial charge on any atom is 0.410 e. The Morgan fingerprint density at radius 3 is 2.83 bits per heavy atom. The van der Waals surface area contributed by atoms with Gasteiger partial charge in [0, 0.05) is 24.1 Å². The molecule has 1 amide bonds. The van der Waals surface area contributed by atoms with Gasteiger partial charge in [-0.2, -0.15) is 0 Å². The number of benzene rings is 1. The van der Waals surface area contributed by atoms with Gasteiger partial charge in [0.25, 0.3) is 5.56 Å². The first-order valence-corrected chi connectivity index (χ1v) is 10.5. The third kappa shape index (κ3) is 5.33. The minimum absolute atomic E-state index is 0.0235. The molecule has 0 radical (unpaired) electrons. The summed E-state index contributed by atoms with van der Waals surface area (Å²) in [6.07, 6.45) is -0.370. The molecule has 29 heavy (non-hydrogen) atoms. The molecular weight excluding hydrogens is 487 g/mol. The van der Waals surface area contributed by atoms with E-state index in [2.05, 4.69) is 31.2 Å². The number of fused-ring (bicyclic) bond motifs is 1. The monoisotopic (exact) mass is 506 g/mol. The van der Waals surface area contributed by atoms with Crippen LogP contribution in [0.25, 0.3) is 10.9 Å². The van der Waals surface area contributed by atoms with Gasteiger partial charge in [-0.3, -0.25) is 9.78 Å². The number of carbonyl (C=O) groups is 1. The van der Waals surface area contributed by atoms with Gasteiger partial charge in [0.2, 0.25) is 5.28 Å². The van der Waals surface area contributed by atoms with Crippen molar-refractivity contribution in [1.29, 1.82) is 0 Å². The summed E-state index contributed by atoms with van der Waals surface area (Å²) in [5.74, 6) is 0.206. The second-order valence-electron chi connectivity index (χ2n) is 7.64. The first-order chi connectivity index (χ1) is 13.5. The zero-order valence-corrected chi connectivity index (χ0v) is 19.2. The lowest BCUT2D eigenvalue weighted by molar-refractivity contribution is 0.0178. The number of hydrogen-bond donors (Lipinski definition) is 2. The van der Waals surface area contributed by atoms with E-state index >= 15 is 0 Å². The highest BCUT2D eigenvalue weighted by Gasteiger charge is 2.28. The molecule has 0 bridgehead atoms. The molecule has 158 valence electrons. The number of hydrogen-bond acceptors (Lipinski definition) is 6. The molecule has 1 fully saturated rings. The SMILES string of the molecule is CC(C)(C)OC(=O)N1CCN[C@H](COc2c(Cl)c(Br)cc3nc(Cl)[nH]c(=O)c23)C1. The molecule has 1 aromatic carbocycles. The minimum atomic E-state index is -0.563. The predicted molar refractivity (Wildman–Crippen MR) is 115 cm³/mol. The maximum absolute atomic E-state index is 12.4. The van der Waals surface area contributed by atoms with Gasteiger partial charge in [0.05, 0.1) is 16.6 Å². The van der Waals surface area contributed by atoms with Crippen LogP contribution in [0.5, 0.6) is 5.75 Å². The number of aromatic amines is 1. The van der Waals surface area contributed by atoms with Crippen LogP contribution in [0.3, 0.4) is 0 Å². The van der Waals surface area contributed by atoms with Crippen LogP contribution in [0.4, 0.5) is 4.79 Å². The highest BCUT2D eigenvalue weighted by molar-refractivity contribution is 9.10. The molecule has 0 aliphatic carbocycles. The van der Waals surface area contributed by atoms with E-state index in [-0.39, 0.29) is 40.2 Å². The van der Waals surface area contributed by atoms with Gasteiger partial charge >= 0.3 is 6.09 Å². The topological polar surface area (TPSA) is 96.5 Å². The molecule has 1 aliphatic rings. The normalized spacial score (nSPS) is 17.4. The standard InChI is InChI=1S/C18H21BrCl2N4O4/c1-18(2,3)29-17(27)25-5-4-22-9(7-25)8-28-14-12-11(6-10(19)13(14)20)23-16(21)24-15(12)26/h6,9,22H,4-5,7-8H2,1-3H3,(H,23,24,26)/t9-/m0/s1. The van der Waals surface area contributed by atoms with Crippen LogP contribution in [-0.2, 0) is 4.74 Å². The van der Waals surface area contributed by atoms with Gasteiger partial charge in [-0.15, -0.1) is 0 Å². The van der Waals surface area contributed by atoms with Crippen molar-refractivity contribution >= 4 is 56.1 Å². The number of piperazine rings is 1. The first-order valence-electron chi connectivity index (χ1n) is 8.97. The average Bonchev–Trinajstić information content (AvgIpc) is 2.61. The predicted octanol–water partition coefficient (Wildman–Crippen LogP) is 3.58. The largest absolute Gasteiger partial charge is 0.489 e. The molecule has 1 aliphatic heterocycles. The minimum Gasteiger partial charge on any atom is -0.489 e. The van der Waals surface area contributed by atoms with Crippen LogP contribution in [-0.4, -0.2) is 58.8 Å². The third-order valence-electron chi connectivity index (χ3n) is 4.15. The number of H-pyrrole nitrogens is 1. The van der Waals surface area contributed by atoms with E-state index in [9.17, 15) is 9.59 Å². The summed E-state index contributed by atoms with van der Waals surface area (Å²) in [7, 11) is 0. The molecule has 1 aromatic heterocycles. The molecule has 2 heterocycles. The summed E-state index contributed by atoms with van der Waals surface area (Å²) in [6.45, 7) is 7.20. The van der Waals surface area contributed by atoms with E-state index in [1.165, 1.54) is 0 Å². The Morgan fingerprint density at radius 2 is 2.14 bits per heavy atom. The Kier molecular flexibility index (Phi) is 6.62. The van der Waals surface area contributed by atoms with Crippen molar-refractivity contribution in [1.82, 2.24) is 20.2 Å². The molecule has 0 spiro atoms. The first kappa shape index (κ1) is 22.1. The van der Waals surface area contributed by atoms with Crippen LogP contribution < -0.4 is 15.6 Å². The summed E-state index contributed by atoms with van der Waals surface area (Å²) in [5.41, 5.74) is -0.653. The van der Waals surface area contributed by atoms with Crippen LogP contribution in [0, 0.1) is 0 Å². The molecule has 0 saturated carbocycles. The fraction of sp³-hybridized carbons (Fsp3) is 0.500. The Balaban J connectivity index is 1.78. The second-order valence-corrected chi connectivity index (χ2v) is 9.23. The third-order valence-corrected chi connectivity index (χ3v) is 5.56. The Labute approximate surface area is 186 Å². The fourth-order valence-corrected chi connectivity index (χ4v) is 3.71. The summed E-state index contributed by atoms with van der Waals surface area (Å²) >= 11 is 15.6. The van der Waals surface area contributed by atoms with Gasteiger partial charge in [0.1, 0.15) is 17.6 Å². The molecule has 3 rings (SSSR count). The number of rotatable bonds is 3. The van der Waals surface area contributed by atoms with Crippen molar-refractivity contribution in [3.8, 4) is 5.75 Å². The van der Waals surface area contributed by atoms with Crippen LogP contribution in [0.15, 0.2) is 15.3 Å². The summed E-state index contributed by atoms with van der Waals surface area (Å²) in [4.78, 5) is 32.9. The van der Waals surface area contributed by atoms with E-state index in [0.717, 1.165) is 0 Å². The molecule has 2 aromatic rings. The lowest BCUT2D eigenvalue weighted by Crippen LogP contribution is -2.55. The van der Waals surface area contributed by atoms with E-state index in [1.54, 1.807) is 11.0 Å². The highest BCUT2D eigenvalue weighted by Crippen LogP contribution is 2.37. The maximum atomic E-state index is 12.4. The Hall–Kier alpha value is -1.55. The molecular formula is C18H21BrCl2N4O4. The molecule has 8 nitrogen and oxygen atoms in total. The molecule has 11 heteroatoms. The van der Waals surface area contributed by atoms with Crippen LogP contribution >= 0.6 is 39.1 Å². The van der Waals surface area contributed by atoms with E-state index in [1.807, 2.05) is 20.8 Å². The summed E-state index contributed by atoms with van der Waals surface area (Å²) < 4.78 is 11.9.